The van der Waals surface area contributed by atoms with E-state index in [1.807, 2.05) is 5.43 Å². The zero-order valence-electron chi connectivity index (χ0n) is 7.74. The number of rotatable bonds is 5. The first kappa shape index (κ1) is 12.4. The summed E-state index contributed by atoms with van der Waals surface area (Å²) in [5, 5.41) is 10.7. The van der Waals surface area contributed by atoms with E-state index in [9.17, 15) is 14.4 Å². The van der Waals surface area contributed by atoms with Crippen molar-refractivity contribution in [2.75, 3.05) is 0 Å². The molecule has 1 atom stereocenters. The molecule has 2 amide bonds. The van der Waals surface area contributed by atoms with Crippen LogP contribution in [-0.2, 0) is 14.4 Å². The highest BCUT2D eigenvalue weighted by atomic mass is 16.4. The number of nitrogens with one attached hydrogen (secondary N) is 2. The Bertz CT molecular complexity index is 241. The molecule has 0 saturated carbocycles. The Morgan fingerprint density at radius 1 is 1.43 bits per heavy atom. The summed E-state index contributed by atoms with van der Waals surface area (Å²) in [6.45, 7) is 1.23. The van der Waals surface area contributed by atoms with E-state index in [-0.39, 0.29) is 12.8 Å². The monoisotopic (exact) mass is 203 g/mol. The molecule has 0 bridgehead atoms. The molecule has 0 aliphatic carbocycles. The number of amides is 2. The van der Waals surface area contributed by atoms with Crippen LogP contribution in [0.3, 0.4) is 0 Å². The molecule has 14 heavy (non-hydrogen) atoms. The highest BCUT2D eigenvalue weighted by Gasteiger charge is 2.19. The minimum atomic E-state index is -1.04. The number of hydrazine groups is 1. The van der Waals surface area contributed by atoms with Crippen molar-refractivity contribution in [1.29, 1.82) is 0 Å². The van der Waals surface area contributed by atoms with Crippen LogP contribution < -0.4 is 16.6 Å². The van der Waals surface area contributed by atoms with Crippen molar-refractivity contribution in [2.45, 2.75) is 25.8 Å². The average Bonchev–Trinajstić information content (AvgIpc) is 2.10. The standard InChI is InChI=1S/C7H13N3O4/c1-4(11)9-5(7(14)10-8)2-3-6(12)13/h5H,2-3,8H2,1H3,(H,9,11)(H,10,14)(H,12,13). The molecule has 0 heterocycles. The summed E-state index contributed by atoms with van der Waals surface area (Å²) in [4.78, 5) is 31.9. The van der Waals surface area contributed by atoms with E-state index in [1.165, 1.54) is 6.92 Å². The third-order valence-corrected chi connectivity index (χ3v) is 1.48. The first-order valence-electron chi connectivity index (χ1n) is 3.96. The van der Waals surface area contributed by atoms with Crippen LogP contribution in [0.2, 0.25) is 0 Å². The maximum Gasteiger partial charge on any atom is 0.303 e. The van der Waals surface area contributed by atoms with Crippen LogP contribution in [0.25, 0.3) is 0 Å². The molecule has 5 N–H and O–H groups in total. The van der Waals surface area contributed by atoms with Gasteiger partial charge in [0.15, 0.2) is 0 Å². The summed E-state index contributed by atoms with van der Waals surface area (Å²) >= 11 is 0. The number of carbonyl (C=O) groups excluding carboxylic acids is 2. The molecule has 7 heteroatoms. The lowest BCUT2D eigenvalue weighted by Gasteiger charge is -2.14. The summed E-state index contributed by atoms with van der Waals surface area (Å²) in [6, 6.07) is -0.895. The molecule has 0 spiro atoms. The number of aliphatic carboxylic acids is 1. The SMILES string of the molecule is CC(=O)NC(CCC(=O)O)C(=O)NN. The number of carboxylic acid groups (broad SMARTS) is 1. The Labute approximate surface area is 80.6 Å². The fraction of sp³-hybridized carbons (Fsp3) is 0.571. The van der Waals surface area contributed by atoms with Gasteiger partial charge in [-0.05, 0) is 6.42 Å². The van der Waals surface area contributed by atoms with E-state index in [2.05, 4.69) is 5.32 Å². The Kier molecular flexibility index (Phi) is 5.23. The molecular weight excluding hydrogens is 190 g/mol. The normalized spacial score (nSPS) is 11.6. The van der Waals surface area contributed by atoms with Crippen molar-refractivity contribution in [3.63, 3.8) is 0 Å². The maximum absolute atomic E-state index is 11.0. The van der Waals surface area contributed by atoms with Gasteiger partial charge >= 0.3 is 5.97 Å². The van der Waals surface area contributed by atoms with Gasteiger partial charge < -0.3 is 10.4 Å². The fourth-order valence-electron chi connectivity index (χ4n) is 0.883. The second kappa shape index (κ2) is 5.92. The van der Waals surface area contributed by atoms with Crippen LogP contribution in [0, 0.1) is 0 Å². The van der Waals surface area contributed by atoms with Crippen molar-refractivity contribution in [3.8, 4) is 0 Å². The van der Waals surface area contributed by atoms with Gasteiger partial charge in [0.05, 0.1) is 0 Å². The highest BCUT2D eigenvalue weighted by molar-refractivity contribution is 5.86. The zero-order valence-corrected chi connectivity index (χ0v) is 7.74. The van der Waals surface area contributed by atoms with Gasteiger partial charge in [-0.3, -0.25) is 19.8 Å². The Balaban J connectivity index is 4.17. The molecule has 0 aromatic carbocycles. The number of carbonyl (C=O) groups is 3. The first-order valence-corrected chi connectivity index (χ1v) is 3.96. The fourth-order valence-corrected chi connectivity index (χ4v) is 0.883. The van der Waals surface area contributed by atoms with Crippen molar-refractivity contribution in [1.82, 2.24) is 10.7 Å². The van der Waals surface area contributed by atoms with E-state index in [1.54, 1.807) is 0 Å². The summed E-state index contributed by atoms with van der Waals surface area (Å²) in [7, 11) is 0. The topological polar surface area (TPSA) is 122 Å². The Morgan fingerprint density at radius 2 is 2.00 bits per heavy atom. The molecule has 0 radical (unpaired) electrons. The van der Waals surface area contributed by atoms with Crippen LogP contribution in [-0.4, -0.2) is 28.9 Å². The third kappa shape index (κ3) is 5.09. The predicted octanol–water partition coefficient (Wildman–Crippen LogP) is -1.65. The van der Waals surface area contributed by atoms with Crippen LogP contribution in [0.15, 0.2) is 0 Å². The maximum atomic E-state index is 11.0. The van der Waals surface area contributed by atoms with Crippen molar-refractivity contribution < 1.29 is 19.5 Å². The lowest BCUT2D eigenvalue weighted by Crippen LogP contribution is -2.48. The van der Waals surface area contributed by atoms with Crippen molar-refractivity contribution >= 4 is 17.8 Å². The van der Waals surface area contributed by atoms with Gasteiger partial charge in [-0.15, -0.1) is 0 Å². The molecule has 7 nitrogen and oxygen atoms in total. The smallest absolute Gasteiger partial charge is 0.303 e. The number of carboxylic acids is 1. The van der Waals surface area contributed by atoms with E-state index in [0.29, 0.717) is 0 Å². The lowest BCUT2D eigenvalue weighted by atomic mass is 10.1. The summed E-state index contributed by atoms with van der Waals surface area (Å²) < 4.78 is 0. The third-order valence-electron chi connectivity index (χ3n) is 1.48. The van der Waals surface area contributed by atoms with Gasteiger partial charge in [0.2, 0.25) is 5.91 Å². The van der Waals surface area contributed by atoms with Crippen LogP contribution in [0.1, 0.15) is 19.8 Å². The summed E-state index contributed by atoms with van der Waals surface area (Å²) in [5.41, 5.74) is 1.85. The molecule has 1 unspecified atom stereocenters. The van der Waals surface area contributed by atoms with Gasteiger partial charge in [0, 0.05) is 13.3 Å². The molecule has 0 fully saturated rings. The minimum absolute atomic E-state index is 0.0119. The Morgan fingerprint density at radius 3 is 2.36 bits per heavy atom. The molecule has 80 valence electrons. The van der Waals surface area contributed by atoms with Gasteiger partial charge in [-0.25, -0.2) is 5.84 Å². The second-order valence-electron chi connectivity index (χ2n) is 2.69. The van der Waals surface area contributed by atoms with Gasteiger partial charge in [-0.1, -0.05) is 0 Å². The molecule has 0 aliphatic rings. The average molecular weight is 203 g/mol. The zero-order chi connectivity index (χ0) is 11.1. The molecular formula is C7H13N3O4. The van der Waals surface area contributed by atoms with Gasteiger partial charge in [-0.2, -0.15) is 0 Å². The largest absolute Gasteiger partial charge is 0.481 e. The lowest BCUT2D eigenvalue weighted by molar-refractivity contribution is -0.137. The van der Waals surface area contributed by atoms with E-state index >= 15 is 0 Å². The van der Waals surface area contributed by atoms with Crippen LogP contribution in [0.5, 0.6) is 0 Å². The minimum Gasteiger partial charge on any atom is -0.481 e. The number of hydrogen-bond donors (Lipinski definition) is 4. The van der Waals surface area contributed by atoms with Crippen LogP contribution >= 0.6 is 0 Å². The number of nitrogens with two attached hydrogens (primary N) is 1. The second-order valence-corrected chi connectivity index (χ2v) is 2.69. The summed E-state index contributed by atoms with van der Waals surface area (Å²) in [6.07, 6.45) is -0.198. The van der Waals surface area contributed by atoms with Crippen molar-refractivity contribution in [2.24, 2.45) is 5.84 Å². The molecule has 0 aliphatic heterocycles. The van der Waals surface area contributed by atoms with Gasteiger partial charge in [0.25, 0.3) is 5.91 Å². The quantitative estimate of drug-likeness (QED) is 0.242. The highest BCUT2D eigenvalue weighted by Crippen LogP contribution is 1.97. The first-order chi connectivity index (χ1) is 6.47. The molecule has 0 aromatic rings. The van der Waals surface area contributed by atoms with E-state index in [4.69, 9.17) is 10.9 Å². The predicted molar refractivity (Wildman–Crippen MR) is 46.8 cm³/mol. The molecule has 0 rings (SSSR count). The summed E-state index contributed by atoms with van der Waals surface area (Å²) in [5.74, 6) is 2.80. The Hall–Kier alpha value is -1.63. The molecule has 0 saturated heterocycles. The number of hydrogen-bond acceptors (Lipinski definition) is 4. The van der Waals surface area contributed by atoms with Crippen LogP contribution in [0.4, 0.5) is 0 Å². The van der Waals surface area contributed by atoms with E-state index in [0.717, 1.165) is 0 Å². The van der Waals surface area contributed by atoms with E-state index < -0.39 is 23.8 Å². The molecule has 0 aromatic heterocycles. The van der Waals surface area contributed by atoms with Gasteiger partial charge in [0.1, 0.15) is 6.04 Å². The van der Waals surface area contributed by atoms with Crippen molar-refractivity contribution in [3.05, 3.63) is 0 Å².